The van der Waals surface area contributed by atoms with Crippen molar-refractivity contribution in [2.45, 2.75) is 19.6 Å². The molecule has 2 aromatic rings. The summed E-state index contributed by atoms with van der Waals surface area (Å²) in [5, 5.41) is 5.40. The molecule has 1 aromatic carbocycles. The van der Waals surface area contributed by atoms with E-state index in [-0.39, 0.29) is 11.9 Å². The van der Waals surface area contributed by atoms with E-state index in [1.165, 1.54) is 17.0 Å². The van der Waals surface area contributed by atoms with Crippen LogP contribution in [0.25, 0.3) is 0 Å². The predicted molar refractivity (Wildman–Crippen MR) is 72.5 cm³/mol. The van der Waals surface area contributed by atoms with E-state index in [0.717, 1.165) is 13.1 Å². The number of ether oxygens (including phenoxy) is 1. The average molecular weight is 265 g/mol. The van der Waals surface area contributed by atoms with Crippen molar-refractivity contribution in [3.63, 3.8) is 0 Å². The number of rotatable bonds is 6. The SMILES string of the molecule is CC(CNCc1cccs1)Oc1ccc(F)cc1. The summed E-state index contributed by atoms with van der Waals surface area (Å²) >= 11 is 1.74. The first-order valence-electron chi connectivity index (χ1n) is 5.89. The van der Waals surface area contributed by atoms with Crippen LogP contribution >= 0.6 is 11.3 Å². The van der Waals surface area contributed by atoms with Gasteiger partial charge in [-0.15, -0.1) is 11.3 Å². The Hall–Kier alpha value is -1.39. The molecule has 96 valence electrons. The van der Waals surface area contributed by atoms with E-state index in [1.807, 2.05) is 13.0 Å². The van der Waals surface area contributed by atoms with Crippen LogP contribution < -0.4 is 10.1 Å². The minimum absolute atomic E-state index is 0.0513. The first-order valence-corrected chi connectivity index (χ1v) is 6.77. The summed E-state index contributed by atoms with van der Waals surface area (Å²) in [6.45, 7) is 3.61. The van der Waals surface area contributed by atoms with E-state index >= 15 is 0 Å². The van der Waals surface area contributed by atoms with Crippen molar-refractivity contribution in [2.24, 2.45) is 0 Å². The minimum Gasteiger partial charge on any atom is -0.489 e. The molecule has 0 fully saturated rings. The lowest BCUT2D eigenvalue weighted by Crippen LogP contribution is -2.28. The Morgan fingerprint density at radius 1 is 1.28 bits per heavy atom. The van der Waals surface area contributed by atoms with Crippen molar-refractivity contribution >= 4 is 11.3 Å². The second-order valence-corrected chi connectivity index (χ2v) is 5.12. The lowest BCUT2D eigenvalue weighted by atomic mass is 10.3. The van der Waals surface area contributed by atoms with Crippen LogP contribution in [-0.2, 0) is 6.54 Å². The van der Waals surface area contributed by atoms with Crippen molar-refractivity contribution in [3.05, 3.63) is 52.5 Å². The van der Waals surface area contributed by atoms with Gasteiger partial charge in [-0.1, -0.05) is 6.07 Å². The second-order valence-electron chi connectivity index (χ2n) is 4.09. The fourth-order valence-corrected chi connectivity index (χ4v) is 2.27. The Morgan fingerprint density at radius 2 is 2.06 bits per heavy atom. The van der Waals surface area contributed by atoms with Gasteiger partial charge in [0, 0.05) is 18.0 Å². The summed E-state index contributed by atoms with van der Waals surface area (Å²) in [4.78, 5) is 1.31. The molecule has 1 aromatic heterocycles. The van der Waals surface area contributed by atoms with Crippen LogP contribution in [0, 0.1) is 5.82 Å². The number of nitrogens with one attached hydrogen (secondary N) is 1. The minimum atomic E-state index is -0.245. The topological polar surface area (TPSA) is 21.3 Å². The number of thiophene rings is 1. The van der Waals surface area contributed by atoms with E-state index < -0.39 is 0 Å². The molecule has 1 atom stereocenters. The molecule has 1 heterocycles. The van der Waals surface area contributed by atoms with Gasteiger partial charge < -0.3 is 10.1 Å². The molecule has 0 amide bonds. The average Bonchev–Trinajstić information content (AvgIpc) is 2.85. The van der Waals surface area contributed by atoms with Crippen molar-refractivity contribution in [1.29, 1.82) is 0 Å². The van der Waals surface area contributed by atoms with Gasteiger partial charge in [-0.25, -0.2) is 4.39 Å². The van der Waals surface area contributed by atoms with Crippen molar-refractivity contribution < 1.29 is 9.13 Å². The van der Waals surface area contributed by atoms with Crippen LogP contribution in [0.3, 0.4) is 0 Å². The largest absolute Gasteiger partial charge is 0.489 e. The predicted octanol–water partition coefficient (Wildman–Crippen LogP) is 3.44. The summed E-state index contributed by atoms with van der Waals surface area (Å²) in [7, 11) is 0. The molecule has 0 aliphatic rings. The first kappa shape index (κ1) is 13.1. The molecule has 1 N–H and O–H groups in total. The summed E-state index contributed by atoms with van der Waals surface area (Å²) in [6, 6.07) is 10.2. The van der Waals surface area contributed by atoms with Crippen LogP contribution in [0.15, 0.2) is 41.8 Å². The Morgan fingerprint density at radius 3 is 2.72 bits per heavy atom. The number of halogens is 1. The molecule has 0 bridgehead atoms. The fourth-order valence-electron chi connectivity index (χ4n) is 1.60. The molecule has 2 nitrogen and oxygen atoms in total. The molecule has 0 saturated carbocycles. The van der Waals surface area contributed by atoms with Crippen LogP contribution in [0.4, 0.5) is 4.39 Å². The molecule has 18 heavy (non-hydrogen) atoms. The van der Waals surface area contributed by atoms with E-state index in [9.17, 15) is 4.39 Å². The summed E-state index contributed by atoms with van der Waals surface area (Å²) in [5.74, 6) is 0.452. The number of benzene rings is 1. The quantitative estimate of drug-likeness (QED) is 0.864. The van der Waals surface area contributed by atoms with E-state index in [2.05, 4.69) is 16.8 Å². The lowest BCUT2D eigenvalue weighted by Gasteiger charge is -2.15. The zero-order valence-corrected chi connectivity index (χ0v) is 11.0. The van der Waals surface area contributed by atoms with Gasteiger partial charge in [-0.3, -0.25) is 0 Å². The molecule has 0 radical (unpaired) electrons. The Balaban J connectivity index is 1.71. The molecule has 0 aliphatic carbocycles. The van der Waals surface area contributed by atoms with E-state index in [1.54, 1.807) is 23.5 Å². The zero-order chi connectivity index (χ0) is 12.8. The summed E-state index contributed by atoms with van der Waals surface area (Å²) < 4.78 is 18.4. The van der Waals surface area contributed by atoms with Crippen molar-refractivity contribution in [2.75, 3.05) is 6.54 Å². The molecule has 0 aliphatic heterocycles. The standard InChI is InChI=1S/C14H16FNOS/c1-11(9-16-10-14-3-2-8-18-14)17-13-6-4-12(15)5-7-13/h2-8,11,16H,9-10H2,1H3. The molecular weight excluding hydrogens is 249 g/mol. The van der Waals surface area contributed by atoms with Crippen molar-refractivity contribution in [3.8, 4) is 5.75 Å². The van der Waals surface area contributed by atoms with E-state index in [0.29, 0.717) is 5.75 Å². The Kier molecular flexibility index (Phi) is 4.73. The molecule has 2 rings (SSSR count). The summed E-state index contributed by atoms with van der Waals surface area (Å²) in [6.07, 6.45) is 0.0513. The van der Waals surface area contributed by atoms with Crippen LogP contribution in [0.5, 0.6) is 5.75 Å². The molecule has 0 spiro atoms. The molecule has 4 heteroatoms. The maximum absolute atomic E-state index is 12.7. The Bertz CT molecular complexity index is 455. The third-order valence-electron chi connectivity index (χ3n) is 2.46. The smallest absolute Gasteiger partial charge is 0.123 e. The highest BCUT2D eigenvalue weighted by Gasteiger charge is 2.04. The molecule has 0 saturated heterocycles. The highest BCUT2D eigenvalue weighted by molar-refractivity contribution is 7.09. The maximum Gasteiger partial charge on any atom is 0.123 e. The van der Waals surface area contributed by atoms with Gasteiger partial charge in [-0.05, 0) is 42.6 Å². The third kappa shape index (κ3) is 4.13. The van der Waals surface area contributed by atoms with Crippen molar-refractivity contribution in [1.82, 2.24) is 5.32 Å². The zero-order valence-electron chi connectivity index (χ0n) is 10.2. The molecular formula is C14H16FNOS. The van der Waals surface area contributed by atoms with Crippen LogP contribution in [-0.4, -0.2) is 12.6 Å². The number of hydrogen-bond donors (Lipinski definition) is 1. The lowest BCUT2D eigenvalue weighted by molar-refractivity contribution is 0.216. The van der Waals surface area contributed by atoms with Gasteiger partial charge in [0.2, 0.25) is 0 Å². The number of hydrogen-bond acceptors (Lipinski definition) is 3. The van der Waals surface area contributed by atoms with Gasteiger partial charge in [0.05, 0.1) is 0 Å². The highest BCUT2D eigenvalue weighted by atomic mass is 32.1. The van der Waals surface area contributed by atoms with Gasteiger partial charge in [0.15, 0.2) is 0 Å². The van der Waals surface area contributed by atoms with E-state index in [4.69, 9.17) is 4.74 Å². The van der Waals surface area contributed by atoms with Gasteiger partial charge >= 0.3 is 0 Å². The normalized spacial score (nSPS) is 12.3. The van der Waals surface area contributed by atoms with Crippen LogP contribution in [0.1, 0.15) is 11.8 Å². The van der Waals surface area contributed by atoms with Gasteiger partial charge in [0.1, 0.15) is 17.7 Å². The highest BCUT2D eigenvalue weighted by Crippen LogP contribution is 2.13. The fraction of sp³-hybridized carbons (Fsp3) is 0.286. The van der Waals surface area contributed by atoms with Gasteiger partial charge in [0.25, 0.3) is 0 Å². The maximum atomic E-state index is 12.7. The van der Waals surface area contributed by atoms with Gasteiger partial charge in [-0.2, -0.15) is 0 Å². The first-order chi connectivity index (χ1) is 8.74. The molecule has 1 unspecified atom stereocenters. The summed E-state index contributed by atoms with van der Waals surface area (Å²) in [5.41, 5.74) is 0. The third-order valence-corrected chi connectivity index (χ3v) is 3.34. The monoisotopic (exact) mass is 265 g/mol. The second kappa shape index (κ2) is 6.52. The Labute approximate surface area is 110 Å². The van der Waals surface area contributed by atoms with Crippen LogP contribution in [0.2, 0.25) is 0 Å².